The van der Waals surface area contributed by atoms with Crippen LogP contribution in [0.3, 0.4) is 0 Å². The first-order valence-corrected chi connectivity index (χ1v) is 11.6. The maximum atomic E-state index is 12.8. The van der Waals surface area contributed by atoms with Gasteiger partial charge in [0.1, 0.15) is 5.75 Å². The van der Waals surface area contributed by atoms with E-state index in [4.69, 9.17) is 9.84 Å². The minimum atomic E-state index is -0.995. The number of amides is 1. The number of carbonyl (C=O) groups is 2. The largest absolute Gasteiger partial charge is 0.496 e. The van der Waals surface area contributed by atoms with E-state index in [1.807, 2.05) is 12.1 Å². The van der Waals surface area contributed by atoms with Crippen LogP contribution in [0.15, 0.2) is 42.5 Å². The number of hydrogen-bond donors (Lipinski definition) is 2. The second-order valence-corrected chi connectivity index (χ2v) is 9.01. The Morgan fingerprint density at radius 3 is 2.09 bits per heavy atom. The predicted octanol–water partition coefficient (Wildman–Crippen LogP) is 7.06. The molecule has 32 heavy (non-hydrogen) atoms. The summed E-state index contributed by atoms with van der Waals surface area (Å²) in [5, 5.41) is 11.9. The Labute approximate surface area is 192 Å². The van der Waals surface area contributed by atoms with Gasteiger partial charge in [-0.1, -0.05) is 65.7 Å². The lowest BCUT2D eigenvalue weighted by Gasteiger charge is -2.28. The zero-order valence-electron chi connectivity index (χ0n) is 19.9. The minimum absolute atomic E-state index is 0.117. The number of hydrogen-bond acceptors (Lipinski definition) is 3. The topological polar surface area (TPSA) is 75.6 Å². The Morgan fingerprint density at radius 2 is 1.50 bits per heavy atom. The van der Waals surface area contributed by atoms with Gasteiger partial charge >= 0.3 is 5.97 Å². The summed E-state index contributed by atoms with van der Waals surface area (Å²) in [5.41, 5.74) is 2.20. The van der Waals surface area contributed by atoms with E-state index in [2.05, 4.69) is 26.1 Å². The van der Waals surface area contributed by atoms with Gasteiger partial charge in [-0.25, -0.2) is 4.79 Å². The first-order chi connectivity index (χ1) is 15.3. The van der Waals surface area contributed by atoms with E-state index in [1.54, 1.807) is 25.3 Å². The van der Waals surface area contributed by atoms with Crippen molar-refractivity contribution in [1.29, 1.82) is 0 Å². The molecule has 0 aromatic heterocycles. The highest BCUT2D eigenvalue weighted by Crippen LogP contribution is 2.36. The summed E-state index contributed by atoms with van der Waals surface area (Å²) in [6.07, 6.45) is 9.89. The van der Waals surface area contributed by atoms with Crippen molar-refractivity contribution in [2.24, 2.45) is 0 Å². The maximum Gasteiger partial charge on any atom is 0.335 e. The Bertz CT molecular complexity index is 887. The molecule has 0 aliphatic carbocycles. The normalized spacial score (nSPS) is 11.2. The molecular weight excluding hydrogens is 402 g/mol. The van der Waals surface area contributed by atoms with Crippen molar-refractivity contribution in [1.82, 2.24) is 0 Å². The molecule has 0 heterocycles. The summed E-state index contributed by atoms with van der Waals surface area (Å²) in [6, 6.07) is 11.7. The van der Waals surface area contributed by atoms with Gasteiger partial charge in [0, 0.05) is 16.8 Å². The number of benzene rings is 2. The molecule has 2 rings (SSSR count). The number of carboxylic acids is 1. The number of ether oxygens (including phenoxy) is 1. The van der Waals surface area contributed by atoms with E-state index in [1.165, 1.54) is 50.7 Å². The third-order valence-corrected chi connectivity index (χ3v) is 5.99. The van der Waals surface area contributed by atoms with Crippen LogP contribution >= 0.6 is 0 Å². The molecule has 0 bridgehead atoms. The molecule has 0 unspecified atom stereocenters. The number of nitrogens with one attached hydrogen (secondary N) is 1. The first kappa shape index (κ1) is 25.4. The summed E-state index contributed by atoms with van der Waals surface area (Å²) in [6.45, 7) is 6.64. The fourth-order valence-electron chi connectivity index (χ4n) is 3.94. The number of unbranched alkanes of at least 4 members (excludes halogenated alkanes) is 6. The zero-order chi connectivity index (χ0) is 23.6. The molecule has 0 radical (unpaired) electrons. The van der Waals surface area contributed by atoms with E-state index in [0.717, 1.165) is 24.2 Å². The lowest BCUT2D eigenvalue weighted by atomic mass is 9.78. The summed E-state index contributed by atoms with van der Waals surface area (Å²) in [4.78, 5) is 23.8. The fraction of sp³-hybridized carbons (Fsp3) is 0.481. The molecule has 2 aromatic carbocycles. The third-order valence-electron chi connectivity index (χ3n) is 5.99. The van der Waals surface area contributed by atoms with Crippen LogP contribution in [-0.2, 0) is 5.41 Å². The Hall–Kier alpha value is -2.82. The van der Waals surface area contributed by atoms with E-state index in [-0.39, 0.29) is 16.9 Å². The van der Waals surface area contributed by atoms with Crippen molar-refractivity contribution < 1.29 is 19.4 Å². The quantitative estimate of drug-likeness (QED) is 0.327. The molecule has 0 fully saturated rings. The number of rotatable bonds is 13. The average molecular weight is 440 g/mol. The van der Waals surface area contributed by atoms with Crippen LogP contribution in [0, 0.1) is 0 Å². The van der Waals surface area contributed by atoms with Crippen LogP contribution in [0.5, 0.6) is 5.75 Å². The predicted molar refractivity (Wildman–Crippen MR) is 130 cm³/mol. The van der Waals surface area contributed by atoms with Gasteiger partial charge in [-0.3, -0.25) is 4.79 Å². The highest BCUT2D eigenvalue weighted by Gasteiger charge is 2.25. The fourth-order valence-corrected chi connectivity index (χ4v) is 3.94. The van der Waals surface area contributed by atoms with E-state index < -0.39 is 5.97 Å². The molecular formula is C27H37NO4. The van der Waals surface area contributed by atoms with Gasteiger partial charge in [-0.2, -0.15) is 0 Å². The maximum absolute atomic E-state index is 12.8. The number of carboxylic acid groups (broad SMARTS) is 1. The highest BCUT2D eigenvalue weighted by atomic mass is 16.5. The van der Waals surface area contributed by atoms with E-state index in [0.29, 0.717) is 11.3 Å². The number of methoxy groups -OCH3 is 1. The van der Waals surface area contributed by atoms with Gasteiger partial charge in [0.2, 0.25) is 0 Å². The smallest absolute Gasteiger partial charge is 0.335 e. The Kier molecular flexibility index (Phi) is 9.76. The SMILES string of the molecule is CCCCCCCCCC(C)(C)c1cc(C(=O)Nc2ccc(C(=O)O)cc2)ccc1OC. The van der Waals surface area contributed by atoms with Crippen molar-refractivity contribution in [3.8, 4) is 5.75 Å². The summed E-state index contributed by atoms with van der Waals surface area (Å²) in [5.74, 6) is -0.435. The molecule has 0 atom stereocenters. The minimum Gasteiger partial charge on any atom is -0.496 e. The zero-order valence-corrected chi connectivity index (χ0v) is 19.9. The average Bonchev–Trinajstić information content (AvgIpc) is 2.78. The van der Waals surface area contributed by atoms with Crippen LogP contribution in [-0.4, -0.2) is 24.1 Å². The molecule has 2 N–H and O–H groups in total. The van der Waals surface area contributed by atoms with Gasteiger partial charge in [0.25, 0.3) is 5.91 Å². The molecule has 174 valence electrons. The van der Waals surface area contributed by atoms with Crippen molar-refractivity contribution in [2.45, 2.75) is 77.6 Å². The Morgan fingerprint density at radius 1 is 0.906 bits per heavy atom. The molecule has 0 saturated heterocycles. The number of anilines is 1. The molecule has 2 aromatic rings. The van der Waals surface area contributed by atoms with E-state index >= 15 is 0 Å². The monoisotopic (exact) mass is 439 g/mol. The second-order valence-electron chi connectivity index (χ2n) is 9.01. The molecule has 0 aliphatic rings. The van der Waals surface area contributed by atoms with Crippen LogP contribution in [0.25, 0.3) is 0 Å². The third kappa shape index (κ3) is 7.40. The first-order valence-electron chi connectivity index (χ1n) is 11.6. The van der Waals surface area contributed by atoms with Crippen LogP contribution in [0.2, 0.25) is 0 Å². The summed E-state index contributed by atoms with van der Waals surface area (Å²) < 4.78 is 5.60. The number of aromatic carboxylic acids is 1. The van der Waals surface area contributed by atoms with Crippen molar-refractivity contribution >= 4 is 17.6 Å². The molecule has 5 heteroatoms. The molecule has 1 amide bonds. The summed E-state index contributed by atoms with van der Waals surface area (Å²) in [7, 11) is 1.66. The second kappa shape index (κ2) is 12.3. The van der Waals surface area contributed by atoms with Crippen LogP contribution < -0.4 is 10.1 Å². The lowest BCUT2D eigenvalue weighted by molar-refractivity contribution is 0.0696. The molecule has 0 spiro atoms. The van der Waals surface area contributed by atoms with Crippen LogP contribution in [0.1, 0.15) is 98.4 Å². The molecule has 0 saturated carbocycles. The molecule has 5 nitrogen and oxygen atoms in total. The van der Waals surface area contributed by atoms with Crippen molar-refractivity contribution in [3.05, 3.63) is 59.2 Å². The van der Waals surface area contributed by atoms with Gasteiger partial charge in [0.15, 0.2) is 0 Å². The molecule has 0 aliphatic heterocycles. The number of carbonyl (C=O) groups excluding carboxylic acids is 1. The van der Waals surface area contributed by atoms with Gasteiger partial charge < -0.3 is 15.2 Å². The summed E-state index contributed by atoms with van der Waals surface area (Å²) >= 11 is 0. The standard InChI is InChI=1S/C27H37NO4/c1-5-6-7-8-9-10-11-18-27(2,3)23-19-21(14-17-24(23)32-4)25(29)28-22-15-12-20(13-16-22)26(30)31/h12-17,19H,5-11,18H2,1-4H3,(H,28,29)(H,30,31). The van der Waals surface area contributed by atoms with Gasteiger partial charge in [0.05, 0.1) is 12.7 Å². The Balaban J connectivity index is 2.06. The van der Waals surface area contributed by atoms with Gasteiger partial charge in [-0.05, 0) is 54.3 Å². The van der Waals surface area contributed by atoms with E-state index in [9.17, 15) is 9.59 Å². The van der Waals surface area contributed by atoms with Crippen molar-refractivity contribution in [2.75, 3.05) is 12.4 Å². The lowest BCUT2D eigenvalue weighted by Crippen LogP contribution is -2.20. The van der Waals surface area contributed by atoms with Gasteiger partial charge in [-0.15, -0.1) is 0 Å². The highest BCUT2D eigenvalue weighted by molar-refractivity contribution is 6.04. The van der Waals surface area contributed by atoms with Crippen molar-refractivity contribution in [3.63, 3.8) is 0 Å². The van der Waals surface area contributed by atoms with Crippen LogP contribution in [0.4, 0.5) is 5.69 Å².